The number of methoxy groups -OCH3 is 1. The fourth-order valence-corrected chi connectivity index (χ4v) is 1.20. The molecule has 0 aromatic heterocycles. The lowest BCUT2D eigenvalue weighted by molar-refractivity contribution is -0.123. The first-order valence-corrected chi connectivity index (χ1v) is 5.09. The van der Waals surface area contributed by atoms with Crippen LogP contribution < -0.4 is 10.1 Å². The number of aromatic hydroxyl groups is 1. The average Bonchev–Trinajstić information content (AvgIpc) is 2.35. The van der Waals surface area contributed by atoms with E-state index >= 15 is 0 Å². The number of carbonyl (C=O) groups is 1. The molecule has 0 aliphatic carbocycles. The third-order valence-electron chi connectivity index (χ3n) is 2.25. The number of alkyl halides is 4. The largest absolute Gasteiger partial charge is 0.507 e. The second-order valence-corrected chi connectivity index (χ2v) is 3.63. The van der Waals surface area contributed by atoms with Crippen molar-refractivity contribution in [2.75, 3.05) is 13.7 Å². The van der Waals surface area contributed by atoms with Crippen LogP contribution in [0, 0.1) is 0 Å². The third kappa shape index (κ3) is 3.73. The van der Waals surface area contributed by atoms with E-state index in [1.807, 2.05) is 0 Å². The van der Waals surface area contributed by atoms with Gasteiger partial charge in [-0.2, -0.15) is 8.78 Å². The van der Waals surface area contributed by atoms with Crippen LogP contribution in [0.1, 0.15) is 10.4 Å². The number of hydrogen-bond donors (Lipinski definition) is 2. The summed E-state index contributed by atoms with van der Waals surface area (Å²) in [5, 5.41) is 11.1. The van der Waals surface area contributed by atoms with Gasteiger partial charge >= 0.3 is 12.3 Å². The van der Waals surface area contributed by atoms with Crippen molar-refractivity contribution >= 4 is 5.91 Å². The van der Waals surface area contributed by atoms with Crippen LogP contribution in [0.15, 0.2) is 18.2 Å². The quantitative estimate of drug-likeness (QED) is 0.812. The van der Waals surface area contributed by atoms with Gasteiger partial charge < -0.3 is 15.2 Å². The van der Waals surface area contributed by atoms with Crippen molar-refractivity contribution < 1.29 is 32.2 Å². The number of halogens is 4. The highest BCUT2D eigenvalue weighted by atomic mass is 19.3. The Morgan fingerprint density at radius 1 is 1.47 bits per heavy atom. The molecule has 0 radical (unpaired) electrons. The second-order valence-electron chi connectivity index (χ2n) is 3.63. The number of phenolic OH excluding ortho intramolecular Hbond substituents is 1. The maximum Gasteiger partial charge on any atom is 0.324 e. The number of carbonyl (C=O) groups excluding carboxylic acids is 1. The van der Waals surface area contributed by atoms with Crippen molar-refractivity contribution in [3.05, 3.63) is 23.8 Å². The second kappa shape index (κ2) is 5.77. The Balaban J connectivity index is 2.74. The van der Waals surface area contributed by atoms with Gasteiger partial charge in [-0.25, -0.2) is 8.78 Å². The van der Waals surface area contributed by atoms with Crippen LogP contribution in [-0.2, 0) is 0 Å². The summed E-state index contributed by atoms with van der Waals surface area (Å²) < 4.78 is 53.7. The van der Waals surface area contributed by atoms with E-state index in [4.69, 9.17) is 4.74 Å². The van der Waals surface area contributed by atoms with Crippen LogP contribution in [-0.4, -0.2) is 37.0 Å². The van der Waals surface area contributed by atoms with Crippen LogP contribution in [0.25, 0.3) is 0 Å². The Hall–Kier alpha value is -1.99. The van der Waals surface area contributed by atoms with E-state index in [9.17, 15) is 27.5 Å². The van der Waals surface area contributed by atoms with E-state index in [1.165, 1.54) is 13.2 Å². The average molecular weight is 281 g/mol. The van der Waals surface area contributed by atoms with Crippen LogP contribution in [0.5, 0.6) is 11.5 Å². The molecule has 106 valence electrons. The summed E-state index contributed by atoms with van der Waals surface area (Å²) in [6, 6.07) is 3.55. The van der Waals surface area contributed by atoms with Gasteiger partial charge in [0.2, 0.25) is 0 Å². The van der Waals surface area contributed by atoms with Gasteiger partial charge in [0.15, 0.2) is 0 Å². The van der Waals surface area contributed by atoms with Crippen molar-refractivity contribution in [2.45, 2.75) is 12.3 Å². The fourth-order valence-electron chi connectivity index (χ4n) is 1.20. The zero-order chi connectivity index (χ0) is 14.6. The van der Waals surface area contributed by atoms with Gasteiger partial charge in [-0.3, -0.25) is 4.79 Å². The maximum atomic E-state index is 12.6. The molecule has 0 unspecified atom stereocenters. The SMILES string of the molecule is COc1ccc(C(=O)NCC(F)(F)C(F)F)c(O)c1. The molecular weight excluding hydrogens is 270 g/mol. The van der Waals surface area contributed by atoms with Gasteiger partial charge in [0.25, 0.3) is 5.91 Å². The Morgan fingerprint density at radius 3 is 2.58 bits per heavy atom. The topological polar surface area (TPSA) is 58.6 Å². The van der Waals surface area contributed by atoms with Gasteiger partial charge in [0, 0.05) is 6.07 Å². The summed E-state index contributed by atoms with van der Waals surface area (Å²) in [4.78, 5) is 11.4. The first-order chi connectivity index (χ1) is 8.77. The molecular formula is C11H11F4NO3. The lowest BCUT2D eigenvalue weighted by atomic mass is 10.1. The zero-order valence-corrected chi connectivity index (χ0v) is 9.79. The normalized spacial score (nSPS) is 11.5. The summed E-state index contributed by atoms with van der Waals surface area (Å²) in [5.41, 5.74) is -0.314. The van der Waals surface area contributed by atoms with E-state index < -0.39 is 30.5 Å². The molecule has 0 fully saturated rings. The molecule has 19 heavy (non-hydrogen) atoms. The predicted octanol–water partition coefficient (Wildman–Crippen LogP) is 2.03. The van der Waals surface area contributed by atoms with Crippen LogP contribution in [0.2, 0.25) is 0 Å². The molecule has 0 atom stereocenters. The minimum atomic E-state index is -4.32. The van der Waals surface area contributed by atoms with Crippen LogP contribution in [0.3, 0.4) is 0 Å². The first kappa shape index (κ1) is 15.1. The van der Waals surface area contributed by atoms with E-state index in [2.05, 4.69) is 0 Å². The van der Waals surface area contributed by atoms with Gasteiger partial charge in [-0.05, 0) is 12.1 Å². The standard InChI is InChI=1S/C11H11F4NO3/c1-19-6-2-3-7(8(17)4-6)9(18)16-5-11(14,15)10(12)13/h2-4,10,17H,5H2,1H3,(H,16,18). The highest BCUT2D eigenvalue weighted by Gasteiger charge is 2.40. The molecule has 1 aromatic rings. The molecule has 4 nitrogen and oxygen atoms in total. The Morgan fingerprint density at radius 2 is 2.11 bits per heavy atom. The van der Waals surface area contributed by atoms with E-state index in [0.717, 1.165) is 12.1 Å². The molecule has 2 N–H and O–H groups in total. The minimum Gasteiger partial charge on any atom is -0.507 e. The first-order valence-electron chi connectivity index (χ1n) is 5.09. The van der Waals surface area contributed by atoms with Crippen LogP contribution >= 0.6 is 0 Å². The smallest absolute Gasteiger partial charge is 0.324 e. The van der Waals surface area contributed by atoms with Crippen molar-refractivity contribution in [3.8, 4) is 11.5 Å². The molecule has 0 bridgehead atoms. The highest BCUT2D eigenvalue weighted by molar-refractivity contribution is 5.97. The lowest BCUT2D eigenvalue weighted by Crippen LogP contribution is -2.41. The Kier molecular flexibility index (Phi) is 4.57. The van der Waals surface area contributed by atoms with E-state index in [1.54, 1.807) is 5.32 Å². The van der Waals surface area contributed by atoms with Crippen molar-refractivity contribution in [1.29, 1.82) is 0 Å². The molecule has 0 saturated carbocycles. The number of hydrogen-bond acceptors (Lipinski definition) is 3. The van der Waals surface area contributed by atoms with Gasteiger partial charge in [-0.15, -0.1) is 0 Å². The molecule has 0 heterocycles. The van der Waals surface area contributed by atoms with Gasteiger partial charge in [0.05, 0.1) is 19.2 Å². The molecule has 0 aliphatic heterocycles. The highest BCUT2D eigenvalue weighted by Crippen LogP contribution is 2.24. The molecule has 1 rings (SSSR count). The maximum absolute atomic E-state index is 12.6. The zero-order valence-electron chi connectivity index (χ0n) is 9.79. The molecule has 0 aliphatic rings. The van der Waals surface area contributed by atoms with E-state index in [-0.39, 0.29) is 11.3 Å². The molecule has 0 spiro atoms. The number of nitrogens with one attached hydrogen (secondary N) is 1. The van der Waals surface area contributed by atoms with Crippen molar-refractivity contribution in [1.82, 2.24) is 5.32 Å². The summed E-state index contributed by atoms with van der Waals surface area (Å²) in [6.07, 6.45) is -3.88. The number of benzene rings is 1. The third-order valence-corrected chi connectivity index (χ3v) is 2.25. The van der Waals surface area contributed by atoms with Crippen molar-refractivity contribution in [2.24, 2.45) is 0 Å². The monoisotopic (exact) mass is 281 g/mol. The fraction of sp³-hybridized carbons (Fsp3) is 0.364. The number of ether oxygens (including phenoxy) is 1. The molecule has 0 saturated heterocycles. The predicted molar refractivity (Wildman–Crippen MR) is 57.9 cm³/mol. The summed E-state index contributed by atoms with van der Waals surface area (Å²) >= 11 is 0. The minimum absolute atomic E-state index is 0.256. The summed E-state index contributed by atoms with van der Waals surface area (Å²) in [7, 11) is 1.33. The summed E-state index contributed by atoms with van der Waals surface area (Å²) in [6.45, 7) is -1.52. The summed E-state index contributed by atoms with van der Waals surface area (Å²) in [5.74, 6) is -5.65. The lowest BCUT2D eigenvalue weighted by Gasteiger charge is -2.16. The van der Waals surface area contributed by atoms with E-state index in [0.29, 0.717) is 0 Å². The molecule has 8 heteroatoms. The molecule has 1 aromatic carbocycles. The number of rotatable bonds is 5. The Bertz CT molecular complexity index is 465. The van der Waals surface area contributed by atoms with Gasteiger partial charge in [0.1, 0.15) is 11.5 Å². The number of amides is 1. The van der Waals surface area contributed by atoms with Crippen molar-refractivity contribution in [3.63, 3.8) is 0 Å². The van der Waals surface area contributed by atoms with Crippen LogP contribution in [0.4, 0.5) is 17.6 Å². The molecule has 1 amide bonds. The Labute approximate surface area is 106 Å². The number of phenols is 1. The van der Waals surface area contributed by atoms with Gasteiger partial charge in [-0.1, -0.05) is 0 Å².